The number of anilines is 2. The van der Waals surface area contributed by atoms with Gasteiger partial charge in [-0.15, -0.1) is 0 Å². The van der Waals surface area contributed by atoms with Crippen molar-refractivity contribution in [1.29, 1.82) is 0 Å². The van der Waals surface area contributed by atoms with Crippen molar-refractivity contribution in [3.63, 3.8) is 0 Å². The van der Waals surface area contributed by atoms with Gasteiger partial charge in [-0.3, -0.25) is 4.79 Å². The van der Waals surface area contributed by atoms with Gasteiger partial charge in [-0.25, -0.2) is 0 Å². The maximum absolute atomic E-state index is 12.4. The molecule has 0 unspecified atom stereocenters. The van der Waals surface area contributed by atoms with Crippen LogP contribution in [0.5, 0.6) is 0 Å². The van der Waals surface area contributed by atoms with E-state index < -0.39 is 0 Å². The molecule has 0 bridgehead atoms. The molecular formula is C15H14ClIN2O. The fourth-order valence-corrected chi connectivity index (χ4v) is 2.61. The molecule has 3 N–H and O–H groups in total. The van der Waals surface area contributed by atoms with Gasteiger partial charge in [0.2, 0.25) is 0 Å². The average molecular weight is 401 g/mol. The van der Waals surface area contributed by atoms with E-state index in [1.807, 2.05) is 26.0 Å². The van der Waals surface area contributed by atoms with E-state index in [9.17, 15) is 4.79 Å². The van der Waals surface area contributed by atoms with Crippen molar-refractivity contribution < 1.29 is 4.79 Å². The standard InChI is InChI=1S/C15H14ClIN2O/c1-8-3-6-13(18)14(9(8)2)19-15(20)11-7-10(16)4-5-12(11)17/h3-7H,18H2,1-2H3,(H,19,20). The van der Waals surface area contributed by atoms with Crippen LogP contribution in [0.25, 0.3) is 0 Å². The number of nitrogens with two attached hydrogens (primary N) is 1. The molecular weight excluding hydrogens is 387 g/mol. The normalized spacial score (nSPS) is 10.4. The van der Waals surface area contributed by atoms with Gasteiger partial charge in [0.25, 0.3) is 5.91 Å². The Morgan fingerprint density at radius 1 is 1.25 bits per heavy atom. The van der Waals surface area contributed by atoms with Crippen LogP contribution in [0.3, 0.4) is 0 Å². The molecule has 20 heavy (non-hydrogen) atoms. The summed E-state index contributed by atoms with van der Waals surface area (Å²) in [5, 5.41) is 3.41. The maximum atomic E-state index is 12.4. The van der Waals surface area contributed by atoms with E-state index in [1.54, 1.807) is 18.2 Å². The van der Waals surface area contributed by atoms with Crippen LogP contribution in [0.1, 0.15) is 21.5 Å². The molecule has 2 rings (SSSR count). The van der Waals surface area contributed by atoms with Crippen LogP contribution in [-0.2, 0) is 0 Å². The van der Waals surface area contributed by atoms with E-state index in [0.29, 0.717) is 22.0 Å². The summed E-state index contributed by atoms with van der Waals surface area (Å²) in [7, 11) is 0. The Hall–Kier alpha value is -1.27. The summed E-state index contributed by atoms with van der Waals surface area (Å²) in [5.41, 5.74) is 9.74. The summed E-state index contributed by atoms with van der Waals surface area (Å²) in [6.07, 6.45) is 0. The molecule has 0 spiro atoms. The van der Waals surface area contributed by atoms with Crippen molar-refractivity contribution in [2.24, 2.45) is 0 Å². The van der Waals surface area contributed by atoms with Crippen LogP contribution in [0, 0.1) is 17.4 Å². The van der Waals surface area contributed by atoms with Crippen molar-refractivity contribution in [3.05, 3.63) is 55.6 Å². The number of hydrogen-bond acceptors (Lipinski definition) is 2. The lowest BCUT2D eigenvalue weighted by Crippen LogP contribution is -2.16. The van der Waals surface area contributed by atoms with E-state index in [-0.39, 0.29) is 5.91 Å². The van der Waals surface area contributed by atoms with Crippen LogP contribution in [0.15, 0.2) is 30.3 Å². The zero-order valence-electron chi connectivity index (χ0n) is 11.1. The molecule has 2 aromatic carbocycles. The summed E-state index contributed by atoms with van der Waals surface area (Å²) >= 11 is 8.05. The molecule has 0 aliphatic heterocycles. The topological polar surface area (TPSA) is 55.1 Å². The quantitative estimate of drug-likeness (QED) is 0.580. The molecule has 104 valence electrons. The lowest BCUT2D eigenvalue weighted by Gasteiger charge is -2.14. The molecule has 0 atom stereocenters. The van der Waals surface area contributed by atoms with E-state index in [2.05, 4.69) is 27.9 Å². The molecule has 2 aromatic rings. The van der Waals surface area contributed by atoms with Crippen molar-refractivity contribution in [2.45, 2.75) is 13.8 Å². The molecule has 0 aliphatic rings. The first-order valence-corrected chi connectivity index (χ1v) is 7.48. The summed E-state index contributed by atoms with van der Waals surface area (Å²) < 4.78 is 0.841. The van der Waals surface area contributed by atoms with Crippen molar-refractivity contribution in [1.82, 2.24) is 0 Å². The first-order valence-electron chi connectivity index (χ1n) is 6.02. The minimum absolute atomic E-state index is 0.211. The minimum Gasteiger partial charge on any atom is -0.397 e. The third-order valence-corrected chi connectivity index (χ3v) is 4.36. The van der Waals surface area contributed by atoms with Gasteiger partial charge in [0.05, 0.1) is 16.9 Å². The van der Waals surface area contributed by atoms with E-state index in [4.69, 9.17) is 17.3 Å². The van der Waals surface area contributed by atoms with Gasteiger partial charge in [-0.1, -0.05) is 17.7 Å². The largest absolute Gasteiger partial charge is 0.397 e. The van der Waals surface area contributed by atoms with Crippen LogP contribution in [0.4, 0.5) is 11.4 Å². The first kappa shape index (κ1) is 15.1. The molecule has 1 amide bonds. The zero-order chi connectivity index (χ0) is 14.9. The Bertz CT molecular complexity index is 686. The number of hydrogen-bond donors (Lipinski definition) is 2. The van der Waals surface area contributed by atoms with Gasteiger partial charge >= 0.3 is 0 Å². The number of carbonyl (C=O) groups excluding carboxylic acids is 1. The Kier molecular flexibility index (Phi) is 4.55. The molecule has 0 aliphatic carbocycles. The smallest absolute Gasteiger partial charge is 0.256 e. The van der Waals surface area contributed by atoms with Gasteiger partial charge in [0.1, 0.15) is 0 Å². The van der Waals surface area contributed by atoms with Gasteiger partial charge in [-0.2, -0.15) is 0 Å². The van der Waals surface area contributed by atoms with Crippen LogP contribution >= 0.6 is 34.2 Å². The minimum atomic E-state index is -0.211. The number of benzene rings is 2. The molecule has 0 heterocycles. The Morgan fingerprint density at radius 2 is 1.95 bits per heavy atom. The molecule has 0 saturated carbocycles. The summed E-state index contributed by atoms with van der Waals surface area (Å²) in [5.74, 6) is -0.211. The maximum Gasteiger partial charge on any atom is 0.256 e. The lowest BCUT2D eigenvalue weighted by molar-refractivity contribution is 0.102. The molecule has 0 aromatic heterocycles. The Balaban J connectivity index is 2.38. The summed E-state index contributed by atoms with van der Waals surface area (Å²) in [6, 6.07) is 8.95. The predicted molar refractivity (Wildman–Crippen MR) is 92.5 cm³/mol. The van der Waals surface area contributed by atoms with Gasteiger partial charge < -0.3 is 11.1 Å². The highest BCUT2D eigenvalue weighted by atomic mass is 127. The Labute approximate surface area is 136 Å². The SMILES string of the molecule is Cc1ccc(N)c(NC(=O)c2cc(Cl)ccc2I)c1C. The number of rotatable bonds is 2. The second-order valence-electron chi connectivity index (χ2n) is 4.55. The van der Waals surface area contributed by atoms with Crippen LogP contribution < -0.4 is 11.1 Å². The van der Waals surface area contributed by atoms with Gasteiger partial charge in [0.15, 0.2) is 0 Å². The van der Waals surface area contributed by atoms with Gasteiger partial charge in [-0.05, 0) is 71.8 Å². The fourth-order valence-electron chi connectivity index (χ4n) is 1.86. The second-order valence-corrected chi connectivity index (χ2v) is 6.15. The van der Waals surface area contributed by atoms with Crippen molar-refractivity contribution >= 4 is 51.5 Å². The molecule has 0 saturated heterocycles. The van der Waals surface area contributed by atoms with Crippen molar-refractivity contribution in [2.75, 3.05) is 11.1 Å². The van der Waals surface area contributed by atoms with E-state index >= 15 is 0 Å². The number of halogens is 2. The summed E-state index contributed by atoms with van der Waals surface area (Å²) in [6.45, 7) is 3.91. The number of nitrogens with one attached hydrogen (secondary N) is 1. The monoisotopic (exact) mass is 400 g/mol. The molecule has 3 nitrogen and oxygen atoms in total. The van der Waals surface area contributed by atoms with Crippen molar-refractivity contribution in [3.8, 4) is 0 Å². The highest BCUT2D eigenvalue weighted by molar-refractivity contribution is 14.1. The molecule has 0 radical (unpaired) electrons. The van der Waals surface area contributed by atoms with E-state index in [1.165, 1.54) is 0 Å². The van der Waals surface area contributed by atoms with E-state index in [0.717, 1.165) is 14.7 Å². The predicted octanol–water partition coefficient (Wildman–Crippen LogP) is 4.40. The highest BCUT2D eigenvalue weighted by Gasteiger charge is 2.14. The third kappa shape index (κ3) is 3.07. The lowest BCUT2D eigenvalue weighted by atomic mass is 10.1. The number of amides is 1. The third-order valence-electron chi connectivity index (χ3n) is 3.18. The highest BCUT2D eigenvalue weighted by Crippen LogP contribution is 2.27. The van der Waals surface area contributed by atoms with Crippen LogP contribution in [0.2, 0.25) is 5.02 Å². The fraction of sp³-hybridized carbons (Fsp3) is 0.133. The van der Waals surface area contributed by atoms with Gasteiger partial charge in [0, 0.05) is 8.59 Å². The zero-order valence-corrected chi connectivity index (χ0v) is 14.0. The Morgan fingerprint density at radius 3 is 2.65 bits per heavy atom. The first-order chi connectivity index (χ1) is 9.40. The summed E-state index contributed by atoms with van der Waals surface area (Å²) in [4.78, 5) is 12.4. The average Bonchev–Trinajstić information content (AvgIpc) is 2.41. The van der Waals surface area contributed by atoms with Crippen LogP contribution in [-0.4, -0.2) is 5.91 Å². The number of carbonyl (C=O) groups is 1. The number of nitrogen functional groups attached to an aromatic ring is 1. The number of aryl methyl sites for hydroxylation is 1. The molecule has 5 heteroatoms. The molecule has 0 fully saturated rings. The second kappa shape index (κ2) is 6.01.